The van der Waals surface area contributed by atoms with Gasteiger partial charge in [0.15, 0.2) is 0 Å². The summed E-state index contributed by atoms with van der Waals surface area (Å²) in [6.45, 7) is 2.38. The number of ether oxygens (including phenoxy) is 2. The van der Waals surface area contributed by atoms with Crippen molar-refractivity contribution in [3.63, 3.8) is 0 Å². The number of hydrogen-bond acceptors (Lipinski definition) is 4. The Hall–Kier alpha value is -3.02. The standard InChI is InChI=1S/C18H20N2O4/c1-3-24-16-6-4-5-14(12-16)18(22)20-19-17(21)11-13-7-9-15(23-2)10-8-13/h4-10,12H,3,11H2,1-2H3,(H,19,21)(H,20,22). The molecule has 2 amide bonds. The third kappa shape index (κ3) is 5.01. The molecule has 0 aromatic heterocycles. The van der Waals surface area contributed by atoms with Crippen molar-refractivity contribution in [2.24, 2.45) is 0 Å². The lowest BCUT2D eigenvalue weighted by Gasteiger charge is -2.09. The highest BCUT2D eigenvalue weighted by Crippen LogP contribution is 2.13. The van der Waals surface area contributed by atoms with E-state index in [2.05, 4.69) is 10.9 Å². The highest BCUT2D eigenvalue weighted by Gasteiger charge is 2.09. The van der Waals surface area contributed by atoms with Crippen LogP contribution in [0.4, 0.5) is 0 Å². The van der Waals surface area contributed by atoms with Crippen molar-refractivity contribution in [2.75, 3.05) is 13.7 Å². The van der Waals surface area contributed by atoms with Crippen molar-refractivity contribution in [3.8, 4) is 11.5 Å². The summed E-state index contributed by atoms with van der Waals surface area (Å²) in [6, 6.07) is 13.9. The van der Waals surface area contributed by atoms with Crippen LogP contribution in [0.1, 0.15) is 22.8 Å². The van der Waals surface area contributed by atoms with Gasteiger partial charge in [0.25, 0.3) is 5.91 Å². The fraction of sp³-hybridized carbons (Fsp3) is 0.222. The minimum absolute atomic E-state index is 0.156. The number of hydrazine groups is 1. The van der Waals surface area contributed by atoms with Crippen LogP contribution in [0, 0.1) is 0 Å². The van der Waals surface area contributed by atoms with Crippen molar-refractivity contribution >= 4 is 11.8 Å². The molecule has 0 spiro atoms. The zero-order chi connectivity index (χ0) is 17.4. The molecule has 6 nitrogen and oxygen atoms in total. The maximum Gasteiger partial charge on any atom is 0.269 e. The van der Waals surface area contributed by atoms with E-state index in [1.807, 2.05) is 6.92 Å². The summed E-state index contributed by atoms with van der Waals surface area (Å²) in [6.07, 6.45) is 0.156. The zero-order valence-electron chi connectivity index (χ0n) is 13.7. The third-order valence-corrected chi connectivity index (χ3v) is 3.25. The minimum Gasteiger partial charge on any atom is -0.497 e. The van der Waals surface area contributed by atoms with Crippen LogP contribution < -0.4 is 20.3 Å². The molecule has 0 bridgehead atoms. The quantitative estimate of drug-likeness (QED) is 0.796. The van der Waals surface area contributed by atoms with E-state index in [1.165, 1.54) is 0 Å². The second-order valence-corrected chi connectivity index (χ2v) is 4.99. The summed E-state index contributed by atoms with van der Waals surface area (Å²) in [7, 11) is 1.58. The Morgan fingerprint density at radius 1 is 1.00 bits per heavy atom. The van der Waals surface area contributed by atoms with Crippen molar-refractivity contribution in [1.29, 1.82) is 0 Å². The fourth-order valence-corrected chi connectivity index (χ4v) is 2.07. The Morgan fingerprint density at radius 3 is 2.42 bits per heavy atom. The van der Waals surface area contributed by atoms with Gasteiger partial charge in [-0.25, -0.2) is 0 Å². The highest BCUT2D eigenvalue weighted by atomic mass is 16.5. The number of carbonyl (C=O) groups excluding carboxylic acids is 2. The molecule has 0 fully saturated rings. The zero-order valence-corrected chi connectivity index (χ0v) is 13.7. The Balaban J connectivity index is 1.86. The van der Waals surface area contributed by atoms with Crippen molar-refractivity contribution in [3.05, 3.63) is 59.7 Å². The van der Waals surface area contributed by atoms with Gasteiger partial charge in [-0.05, 0) is 42.8 Å². The molecule has 126 valence electrons. The Labute approximate surface area is 140 Å². The van der Waals surface area contributed by atoms with Gasteiger partial charge in [-0.2, -0.15) is 0 Å². The summed E-state index contributed by atoms with van der Waals surface area (Å²) < 4.78 is 10.4. The Kier molecular flexibility index (Phi) is 6.19. The lowest BCUT2D eigenvalue weighted by atomic mass is 10.1. The monoisotopic (exact) mass is 328 g/mol. The van der Waals surface area contributed by atoms with Gasteiger partial charge in [-0.1, -0.05) is 18.2 Å². The van der Waals surface area contributed by atoms with Crippen molar-refractivity contribution in [1.82, 2.24) is 10.9 Å². The number of methoxy groups -OCH3 is 1. The number of benzene rings is 2. The van der Waals surface area contributed by atoms with Crippen LogP contribution in [0.5, 0.6) is 11.5 Å². The number of nitrogens with one attached hydrogen (secondary N) is 2. The average molecular weight is 328 g/mol. The highest BCUT2D eigenvalue weighted by molar-refractivity contribution is 5.95. The van der Waals surface area contributed by atoms with Gasteiger partial charge < -0.3 is 9.47 Å². The van der Waals surface area contributed by atoms with E-state index in [9.17, 15) is 9.59 Å². The third-order valence-electron chi connectivity index (χ3n) is 3.25. The van der Waals surface area contributed by atoms with Crippen LogP contribution in [0.2, 0.25) is 0 Å². The molecular formula is C18H20N2O4. The first-order chi connectivity index (χ1) is 11.6. The molecule has 0 radical (unpaired) electrons. The summed E-state index contributed by atoms with van der Waals surface area (Å²) in [5.74, 6) is 0.616. The molecule has 2 rings (SSSR count). The van der Waals surface area contributed by atoms with Crippen LogP contribution in [0.15, 0.2) is 48.5 Å². The van der Waals surface area contributed by atoms with E-state index >= 15 is 0 Å². The van der Waals surface area contributed by atoms with E-state index in [0.29, 0.717) is 17.9 Å². The van der Waals surface area contributed by atoms with E-state index in [0.717, 1.165) is 11.3 Å². The van der Waals surface area contributed by atoms with E-state index in [-0.39, 0.29) is 12.3 Å². The van der Waals surface area contributed by atoms with E-state index < -0.39 is 5.91 Å². The topological polar surface area (TPSA) is 76.7 Å². The Morgan fingerprint density at radius 2 is 1.75 bits per heavy atom. The average Bonchev–Trinajstić information content (AvgIpc) is 2.61. The molecule has 24 heavy (non-hydrogen) atoms. The lowest BCUT2D eigenvalue weighted by molar-refractivity contribution is -0.121. The molecule has 2 N–H and O–H groups in total. The first kappa shape index (κ1) is 17.3. The molecule has 0 saturated heterocycles. The van der Waals surface area contributed by atoms with Gasteiger partial charge in [0.05, 0.1) is 20.1 Å². The van der Waals surface area contributed by atoms with Gasteiger partial charge >= 0.3 is 0 Å². The predicted octanol–water partition coefficient (Wildman–Crippen LogP) is 2.10. The fourth-order valence-electron chi connectivity index (χ4n) is 2.07. The molecule has 0 aliphatic carbocycles. The van der Waals surface area contributed by atoms with Gasteiger partial charge in [0, 0.05) is 5.56 Å². The molecule has 2 aromatic rings. The number of carbonyl (C=O) groups is 2. The number of hydrogen-bond donors (Lipinski definition) is 2. The lowest BCUT2D eigenvalue weighted by Crippen LogP contribution is -2.42. The molecule has 0 aliphatic rings. The SMILES string of the molecule is CCOc1cccc(C(=O)NNC(=O)Cc2ccc(OC)cc2)c1. The largest absolute Gasteiger partial charge is 0.497 e. The maximum atomic E-state index is 12.0. The first-order valence-electron chi connectivity index (χ1n) is 7.57. The van der Waals surface area contributed by atoms with Crippen LogP contribution in [-0.2, 0) is 11.2 Å². The number of amides is 2. The maximum absolute atomic E-state index is 12.0. The van der Waals surface area contributed by atoms with Crippen LogP contribution >= 0.6 is 0 Å². The van der Waals surface area contributed by atoms with E-state index in [1.54, 1.807) is 55.6 Å². The van der Waals surface area contributed by atoms with Crippen LogP contribution in [0.3, 0.4) is 0 Å². The second kappa shape index (κ2) is 8.57. The second-order valence-electron chi connectivity index (χ2n) is 4.99. The van der Waals surface area contributed by atoms with Gasteiger partial charge in [0.1, 0.15) is 11.5 Å². The molecule has 6 heteroatoms. The van der Waals surface area contributed by atoms with Crippen LogP contribution in [0.25, 0.3) is 0 Å². The van der Waals surface area contributed by atoms with Crippen molar-refractivity contribution < 1.29 is 19.1 Å². The van der Waals surface area contributed by atoms with E-state index in [4.69, 9.17) is 9.47 Å². The molecule has 0 saturated carbocycles. The van der Waals surface area contributed by atoms with Gasteiger partial charge in [-0.3, -0.25) is 20.4 Å². The summed E-state index contributed by atoms with van der Waals surface area (Å²) in [5.41, 5.74) is 6.02. The smallest absolute Gasteiger partial charge is 0.269 e. The summed E-state index contributed by atoms with van der Waals surface area (Å²) >= 11 is 0. The number of rotatable bonds is 6. The normalized spacial score (nSPS) is 9.92. The minimum atomic E-state index is -0.403. The van der Waals surface area contributed by atoms with Crippen LogP contribution in [-0.4, -0.2) is 25.5 Å². The molecule has 0 aliphatic heterocycles. The predicted molar refractivity (Wildman–Crippen MR) is 89.9 cm³/mol. The van der Waals surface area contributed by atoms with Gasteiger partial charge in [0.2, 0.25) is 5.91 Å². The van der Waals surface area contributed by atoms with Crippen molar-refractivity contribution in [2.45, 2.75) is 13.3 Å². The molecular weight excluding hydrogens is 308 g/mol. The molecule has 0 atom stereocenters. The summed E-state index contributed by atoms with van der Waals surface area (Å²) in [5, 5.41) is 0. The molecule has 0 heterocycles. The van der Waals surface area contributed by atoms with Gasteiger partial charge in [-0.15, -0.1) is 0 Å². The first-order valence-corrected chi connectivity index (χ1v) is 7.57. The Bertz CT molecular complexity index is 698. The molecule has 0 unspecified atom stereocenters. The summed E-state index contributed by atoms with van der Waals surface area (Å²) in [4.78, 5) is 23.9. The molecule has 2 aromatic carbocycles.